The summed E-state index contributed by atoms with van der Waals surface area (Å²) in [5, 5.41) is 7.67. The highest BCUT2D eigenvalue weighted by molar-refractivity contribution is 6.39. The van der Waals surface area contributed by atoms with Crippen LogP contribution in [0.3, 0.4) is 0 Å². The first-order chi connectivity index (χ1) is 12.4. The molecule has 0 unspecified atom stereocenters. The molecule has 0 atom stereocenters. The van der Waals surface area contributed by atoms with Crippen LogP contribution in [0.1, 0.15) is 10.4 Å². The zero-order chi connectivity index (χ0) is 18.8. The first-order valence-corrected chi connectivity index (χ1v) is 8.39. The molecule has 0 fully saturated rings. The minimum atomic E-state index is -0.367. The predicted octanol–water partition coefficient (Wildman–Crippen LogP) is 4.24. The highest BCUT2D eigenvalue weighted by Crippen LogP contribution is 2.29. The molecule has 3 N–H and O–H groups in total. The maximum atomic E-state index is 12.5. The summed E-state index contributed by atoms with van der Waals surface area (Å²) in [6, 6.07) is 12.2. The third-order valence-corrected chi connectivity index (χ3v) is 4.45. The molecule has 0 aliphatic rings. The third kappa shape index (κ3) is 3.61. The molecule has 134 valence electrons. The normalized spacial score (nSPS) is 10.6. The average Bonchev–Trinajstić information content (AvgIpc) is 2.99. The van der Waals surface area contributed by atoms with Gasteiger partial charge in [0.05, 0.1) is 28.5 Å². The van der Waals surface area contributed by atoms with Gasteiger partial charge in [-0.3, -0.25) is 9.48 Å². The highest BCUT2D eigenvalue weighted by atomic mass is 35.5. The summed E-state index contributed by atoms with van der Waals surface area (Å²) in [6.45, 7) is 0. The molecule has 0 aliphatic carbocycles. The zero-order valence-corrected chi connectivity index (χ0v) is 15.6. The molecule has 3 rings (SSSR count). The first-order valence-electron chi connectivity index (χ1n) is 7.63. The Morgan fingerprint density at radius 3 is 2.54 bits per heavy atom. The molecule has 6 nitrogen and oxygen atoms in total. The average molecular weight is 391 g/mol. The number of amides is 1. The van der Waals surface area contributed by atoms with Gasteiger partial charge in [-0.15, -0.1) is 0 Å². The second kappa shape index (κ2) is 7.27. The van der Waals surface area contributed by atoms with Crippen molar-refractivity contribution in [3.8, 4) is 17.0 Å². The van der Waals surface area contributed by atoms with Gasteiger partial charge in [-0.1, -0.05) is 35.3 Å². The van der Waals surface area contributed by atoms with Crippen molar-refractivity contribution < 1.29 is 9.53 Å². The Hall–Kier alpha value is -2.70. The molecule has 3 aromatic rings. The number of nitrogen functional groups attached to an aromatic ring is 1. The molecule has 1 aromatic heterocycles. The molecule has 0 spiro atoms. The van der Waals surface area contributed by atoms with E-state index < -0.39 is 0 Å². The Morgan fingerprint density at radius 1 is 1.19 bits per heavy atom. The fourth-order valence-corrected chi connectivity index (χ4v) is 2.90. The Labute approximate surface area is 160 Å². The van der Waals surface area contributed by atoms with Crippen molar-refractivity contribution in [2.24, 2.45) is 7.05 Å². The Morgan fingerprint density at radius 2 is 1.88 bits per heavy atom. The minimum Gasteiger partial charge on any atom is -0.497 e. The number of nitrogens with one attached hydrogen (secondary N) is 1. The van der Waals surface area contributed by atoms with Gasteiger partial charge in [0, 0.05) is 24.2 Å². The highest BCUT2D eigenvalue weighted by Gasteiger charge is 2.15. The van der Waals surface area contributed by atoms with Crippen molar-refractivity contribution in [3.05, 3.63) is 58.1 Å². The van der Waals surface area contributed by atoms with E-state index in [4.69, 9.17) is 33.7 Å². The number of ether oxygens (including phenoxy) is 1. The number of rotatable bonds is 4. The number of hydrogen-bond donors (Lipinski definition) is 2. The summed E-state index contributed by atoms with van der Waals surface area (Å²) in [5.74, 6) is 0.885. The number of aromatic nitrogens is 2. The molecular weight excluding hydrogens is 375 g/mol. The van der Waals surface area contributed by atoms with E-state index >= 15 is 0 Å². The summed E-state index contributed by atoms with van der Waals surface area (Å²) in [4.78, 5) is 12.5. The maximum absolute atomic E-state index is 12.5. The number of nitrogens with zero attached hydrogens (tertiary/aromatic N) is 2. The molecule has 0 saturated heterocycles. The second-order valence-electron chi connectivity index (χ2n) is 5.58. The van der Waals surface area contributed by atoms with Gasteiger partial charge in [-0.05, 0) is 24.3 Å². The molecule has 0 bridgehead atoms. The Bertz CT molecular complexity index is 962. The lowest BCUT2D eigenvalue weighted by atomic mass is 10.1. The van der Waals surface area contributed by atoms with Crippen LogP contribution < -0.4 is 15.8 Å². The van der Waals surface area contributed by atoms with Crippen molar-refractivity contribution in [2.45, 2.75) is 0 Å². The van der Waals surface area contributed by atoms with E-state index in [1.54, 1.807) is 24.9 Å². The van der Waals surface area contributed by atoms with Crippen LogP contribution >= 0.6 is 23.2 Å². The van der Waals surface area contributed by atoms with Crippen LogP contribution in [0.25, 0.3) is 11.3 Å². The molecule has 26 heavy (non-hydrogen) atoms. The van der Waals surface area contributed by atoms with Crippen LogP contribution in [0.2, 0.25) is 10.0 Å². The number of methoxy groups -OCH3 is 1. The summed E-state index contributed by atoms with van der Waals surface area (Å²) in [7, 11) is 3.34. The monoisotopic (exact) mass is 390 g/mol. The van der Waals surface area contributed by atoms with Gasteiger partial charge in [0.2, 0.25) is 0 Å². The van der Waals surface area contributed by atoms with Gasteiger partial charge >= 0.3 is 0 Å². The van der Waals surface area contributed by atoms with Gasteiger partial charge in [0.1, 0.15) is 11.6 Å². The van der Waals surface area contributed by atoms with E-state index in [0.29, 0.717) is 17.1 Å². The van der Waals surface area contributed by atoms with Crippen molar-refractivity contribution >= 4 is 40.6 Å². The molecule has 8 heteroatoms. The second-order valence-corrected chi connectivity index (χ2v) is 6.39. The summed E-state index contributed by atoms with van der Waals surface area (Å²) >= 11 is 12.0. The molecule has 1 amide bonds. The number of anilines is 2. The van der Waals surface area contributed by atoms with Crippen LogP contribution in [-0.4, -0.2) is 22.8 Å². The lowest BCUT2D eigenvalue weighted by molar-refractivity contribution is 0.102. The largest absolute Gasteiger partial charge is 0.497 e. The number of nitrogens with two attached hydrogens (primary N) is 1. The number of aryl methyl sites for hydroxylation is 1. The van der Waals surface area contributed by atoms with E-state index in [2.05, 4.69) is 10.4 Å². The summed E-state index contributed by atoms with van der Waals surface area (Å²) in [6.07, 6.45) is 0. The van der Waals surface area contributed by atoms with Crippen molar-refractivity contribution in [1.82, 2.24) is 9.78 Å². The van der Waals surface area contributed by atoms with E-state index in [-0.39, 0.29) is 21.6 Å². The van der Waals surface area contributed by atoms with E-state index in [9.17, 15) is 4.79 Å². The van der Waals surface area contributed by atoms with Gasteiger partial charge < -0.3 is 15.8 Å². The lowest BCUT2D eigenvalue weighted by Gasteiger charge is -2.07. The first kappa shape index (κ1) is 18.1. The molecule has 1 heterocycles. The lowest BCUT2D eigenvalue weighted by Crippen LogP contribution is -2.14. The van der Waals surface area contributed by atoms with Crippen molar-refractivity contribution in [3.63, 3.8) is 0 Å². The third-order valence-electron chi connectivity index (χ3n) is 3.83. The van der Waals surface area contributed by atoms with Crippen molar-refractivity contribution in [2.75, 3.05) is 18.2 Å². The standard InChI is InChI=1S/C18H16Cl2N4O2/c1-24-16(9-15(23-24)10-4-3-5-12(6-10)26-2)22-18(25)11-7-13(19)17(21)14(20)8-11/h3-9H,21H2,1-2H3,(H,22,25). The van der Waals surface area contributed by atoms with Crippen LogP contribution in [0.15, 0.2) is 42.5 Å². The smallest absolute Gasteiger partial charge is 0.256 e. The van der Waals surface area contributed by atoms with Crippen LogP contribution in [0.5, 0.6) is 5.75 Å². The summed E-state index contributed by atoms with van der Waals surface area (Å²) < 4.78 is 6.80. The van der Waals surface area contributed by atoms with E-state index in [1.807, 2.05) is 24.3 Å². The molecule has 0 radical (unpaired) electrons. The summed E-state index contributed by atoms with van der Waals surface area (Å²) in [5.41, 5.74) is 7.82. The van der Waals surface area contributed by atoms with Crippen LogP contribution in [0, 0.1) is 0 Å². The quantitative estimate of drug-likeness (QED) is 0.652. The topological polar surface area (TPSA) is 82.2 Å². The van der Waals surface area contributed by atoms with Gasteiger partial charge in [0.25, 0.3) is 5.91 Å². The Kier molecular flexibility index (Phi) is 5.06. The van der Waals surface area contributed by atoms with E-state index in [1.165, 1.54) is 12.1 Å². The minimum absolute atomic E-state index is 0.227. The molecule has 0 aliphatic heterocycles. The maximum Gasteiger partial charge on any atom is 0.256 e. The number of hydrogen-bond acceptors (Lipinski definition) is 4. The molecule has 0 saturated carbocycles. The van der Waals surface area contributed by atoms with Gasteiger partial charge in [0.15, 0.2) is 0 Å². The SMILES string of the molecule is COc1cccc(-c2cc(NC(=O)c3cc(Cl)c(N)c(Cl)c3)n(C)n2)c1. The predicted molar refractivity (Wildman–Crippen MR) is 104 cm³/mol. The number of carbonyl (C=O) groups is 1. The molecule has 2 aromatic carbocycles. The number of benzene rings is 2. The van der Waals surface area contributed by atoms with Crippen LogP contribution in [-0.2, 0) is 7.05 Å². The van der Waals surface area contributed by atoms with E-state index in [0.717, 1.165) is 11.3 Å². The van der Waals surface area contributed by atoms with Crippen LogP contribution in [0.4, 0.5) is 11.5 Å². The number of halogens is 2. The Balaban J connectivity index is 1.87. The number of carbonyl (C=O) groups excluding carboxylic acids is 1. The van der Waals surface area contributed by atoms with Crippen molar-refractivity contribution in [1.29, 1.82) is 0 Å². The zero-order valence-electron chi connectivity index (χ0n) is 14.1. The fourth-order valence-electron chi connectivity index (χ4n) is 2.41. The van der Waals surface area contributed by atoms with Gasteiger partial charge in [-0.25, -0.2) is 0 Å². The van der Waals surface area contributed by atoms with Gasteiger partial charge in [-0.2, -0.15) is 5.10 Å². The fraction of sp³-hybridized carbons (Fsp3) is 0.111. The molecular formula is C18H16Cl2N4O2.